The number of nitrogens with zero attached hydrogens (tertiary/aromatic N) is 2. The zero-order valence-corrected chi connectivity index (χ0v) is 12.7. The van der Waals surface area contributed by atoms with Gasteiger partial charge in [-0.25, -0.2) is 0 Å². The van der Waals surface area contributed by atoms with Gasteiger partial charge >= 0.3 is 0 Å². The Balaban J connectivity index is 1.62. The molecule has 1 amide bonds. The van der Waals surface area contributed by atoms with E-state index in [4.69, 9.17) is 0 Å². The van der Waals surface area contributed by atoms with Crippen molar-refractivity contribution >= 4 is 5.91 Å². The average Bonchev–Trinajstić information content (AvgIpc) is 3.04. The van der Waals surface area contributed by atoms with E-state index < -0.39 is 0 Å². The molecular weight excluding hydrogens is 266 g/mol. The lowest BCUT2D eigenvalue weighted by Crippen LogP contribution is -2.41. The number of carbonyl (C=O) groups is 1. The fourth-order valence-electron chi connectivity index (χ4n) is 3.69. The predicted octanol–water partition coefficient (Wildman–Crippen LogP) is 1.93. The van der Waals surface area contributed by atoms with Crippen molar-refractivity contribution in [3.63, 3.8) is 0 Å². The Morgan fingerprint density at radius 3 is 2.76 bits per heavy atom. The van der Waals surface area contributed by atoms with Crippen LogP contribution in [-0.2, 0) is 11.8 Å². The van der Waals surface area contributed by atoms with E-state index in [-0.39, 0.29) is 18.1 Å². The standard InChI is InChI=1S/C16H25N3O2/c1-19-10-13(9-17-19)16(12-7-14(20)8-12)18-15(21)6-11-4-2-3-5-11/h9-12,14,16,20H,2-8H2,1H3,(H,18,21)/t12?,14?,16-/m0/s1. The molecule has 5 nitrogen and oxygen atoms in total. The third kappa shape index (κ3) is 3.46. The van der Waals surface area contributed by atoms with Gasteiger partial charge in [-0.15, -0.1) is 0 Å². The summed E-state index contributed by atoms with van der Waals surface area (Å²) < 4.78 is 1.76. The molecule has 5 heteroatoms. The number of rotatable bonds is 5. The summed E-state index contributed by atoms with van der Waals surface area (Å²) in [5.41, 5.74) is 1.05. The zero-order valence-electron chi connectivity index (χ0n) is 12.7. The lowest BCUT2D eigenvalue weighted by Gasteiger charge is -2.37. The van der Waals surface area contributed by atoms with Gasteiger partial charge in [0.05, 0.1) is 18.3 Å². The first kappa shape index (κ1) is 14.6. The molecule has 0 aromatic carbocycles. The molecule has 2 aliphatic rings. The summed E-state index contributed by atoms with van der Waals surface area (Å²) in [6, 6.07) is -0.00370. The van der Waals surface area contributed by atoms with E-state index in [1.807, 2.05) is 19.4 Å². The first-order chi connectivity index (χ1) is 10.1. The van der Waals surface area contributed by atoms with E-state index in [0.29, 0.717) is 18.3 Å². The van der Waals surface area contributed by atoms with Crippen LogP contribution in [0, 0.1) is 11.8 Å². The third-order valence-electron chi connectivity index (χ3n) is 4.97. The van der Waals surface area contributed by atoms with E-state index >= 15 is 0 Å². The summed E-state index contributed by atoms with van der Waals surface area (Å²) in [7, 11) is 1.89. The van der Waals surface area contributed by atoms with E-state index in [0.717, 1.165) is 18.4 Å². The van der Waals surface area contributed by atoms with Gasteiger partial charge in [-0.1, -0.05) is 12.8 Å². The van der Waals surface area contributed by atoms with Gasteiger partial charge in [0.2, 0.25) is 5.91 Å². The number of nitrogens with one attached hydrogen (secondary N) is 1. The molecule has 0 radical (unpaired) electrons. The minimum atomic E-state index is -0.207. The Morgan fingerprint density at radius 1 is 1.48 bits per heavy atom. The molecule has 21 heavy (non-hydrogen) atoms. The van der Waals surface area contributed by atoms with Crippen LogP contribution < -0.4 is 5.32 Å². The van der Waals surface area contributed by atoms with E-state index in [1.165, 1.54) is 25.7 Å². The Hall–Kier alpha value is -1.36. The lowest BCUT2D eigenvalue weighted by atomic mass is 9.75. The van der Waals surface area contributed by atoms with Crippen LogP contribution in [0.1, 0.15) is 56.6 Å². The minimum absolute atomic E-state index is 0.00370. The Morgan fingerprint density at radius 2 is 2.19 bits per heavy atom. The molecule has 0 unspecified atom stereocenters. The van der Waals surface area contributed by atoms with Crippen molar-refractivity contribution in [1.29, 1.82) is 0 Å². The predicted molar refractivity (Wildman–Crippen MR) is 79.4 cm³/mol. The summed E-state index contributed by atoms with van der Waals surface area (Å²) in [5, 5.41) is 17.0. The maximum atomic E-state index is 12.3. The number of aryl methyl sites for hydroxylation is 1. The first-order valence-corrected chi connectivity index (χ1v) is 8.08. The zero-order chi connectivity index (χ0) is 14.8. The number of aliphatic hydroxyl groups excluding tert-OH is 1. The van der Waals surface area contributed by atoms with Crippen LogP contribution >= 0.6 is 0 Å². The van der Waals surface area contributed by atoms with Gasteiger partial charge in [0.25, 0.3) is 0 Å². The molecule has 1 atom stereocenters. The van der Waals surface area contributed by atoms with Crippen molar-refractivity contribution in [3.05, 3.63) is 18.0 Å². The molecular formula is C16H25N3O2. The molecule has 0 saturated heterocycles. The van der Waals surface area contributed by atoms with Crippen molar-refractivity contribution in [1.82, 2.24) is 15.1 Å². The lowest BCUT2D eigenvalue weighted by molar-refractivity contribution is -0.124. The number of aliphatic hydroxyl groups is 1. The topological polar surface area (TPSA) is 67.2 Å². The molecule has 2 N–H and O–H groups in total. The Bertz CT molecular complexity index is 487. The van der Waals surface area contributed by atoms with Crippen molar-refractivity contribution in [2.75, 3.05) is 0 Å². The highest BCUT2D eigenvalue weighted by Gasteiger charge is 2.36. The molecule has 0 spiro atoms. The Labute approximate surface area is 125 Å². The van der Waals surface area contributed by atoms with Crippen molar-refractivity contribution < 1.29 is 9.90 Å². The normalized spacial score (nSPS) is 27.3. The second kappa shape index (κ2) is 6.18. The number of hydrogen-bond acceptors (Lipinski definition) is 3. The molecule has 1 aromatic rings. The highest BCUT2D eigenvalue weighted by molar-refractivity contribution is 5.76. The fourth-order valence-corrected chi connectivity index (χ4v) is 3.69. The largest absolute Gasteiger partial charge is 0.393 e. The van der Waals surface area contributed by atoms with Crippen LogP contribution in [0.5, 0.6) is 0 Å². The SMILES string of the molecule is Cn1cc([C@@H](NC(=O)CC2CCCC2)C2CC(O)C2)cn1. The smallest absolute Gasteiger partial charge is 0.220 e. The van der Waals surface area contributed by atoms with Gasteiger partial charge in [-0.2, -0.15) is 5.10 Å². The van der Waals surface area contributed by atoms with Gasteiger partial charge in [0, 0.05) is 25.2 Å². The van der Waals surface area contributed by atoms with Gasteiger partial charge in [-0.3, -0.25) is 9.48 Å². The quantitative estimate of drug-likeness (QED) is 0.871. The van der Waals surface area contributed by atoms with Crippen LogP contribution in [-0.4, -0.2) is 26.9 Å². The number of hydrogen-bond donors (Lipinski definition) is 2. The van der Waals surface area contributed by atoms with Crippen LogP contribution in [0.25, 0.3) is 0 Å². The summed E-state index contributed by atoms with van der Waals surface area (Å²) >= 11 is 0. The maximum Gasteiger partial charge on any atom is 0.220 e. The third-order valence-corrected chi connectivity index (χ3v) is 4.97. The van der Waals surface area contributed by atoms with Crippen molar-refractivity contribution in [2.24, 2.45) is 18.9 Å². The van der Waals surface area contributed by atoms with Crippen molar-refractivity contribution in [3.8, 4) is 0 Å². The highest BCUT2D eigenvalue weighted by Crippen LogP contribution is 2.38. The molecule has 2 saturated carbocycles. The monoisotopic (exact) mass is 291 g/mol. The van der Waals surface area contributed by atoms with Crippen LogP contribution in [0.2, 0.25) is 0 Å². The molecule has 1 heterocycles. The van der Waals surface area contributed by atoms with Crippen LogP contribution in [0.3, 0.4) is 0 Å². The molecule has 0 bridgehead atoms. The van der Waals surface area contributed by atoms with Crippen LogP contribution in [0.4, 0.5) is 0 Å². The number of amides is 1. The molecule has 3 rings (SSSR count). The van der Waals surface area contributed by atoms with Gasteiger partial charge in [0.1, 0.15) is 0 Å². The highest BCUT2D eigenvalue weighted by atomic mass is 16.3. The van der Waals surface area contributed by atoms with E-state index in [9.17, 15) is 9.90 Å². The van der Waals surface area contributed by atoms with Gasteiger partial charge in [-0.05, 0) is 37.5 Å². The summed E-state index contributed by atoms with van der Waals surface area (Å²) in [4.78, 5) is 12.3. The summed E-state index contributed by atoms with van der Waals surface area (Å²) in [5.74, 6) is 1.04. The average molecular weight is 291 g/mol. The number of aromatic nitrogens is 2. The maximum absolute atomic E-state index is 12.3. The molecule has 116 valence electrons. The molecule has 2 fully saturated rings. The first-order valence-electron chi connectivity index (χ1n) is 8.08. The van der Waals surface area contributed by atoms with E-state index in [1.54, 1.807) is 4.68 Å². The van der Waals surface area contributed by atoms with Crippen LogP contribution in [0.15, 0.2) is 12.4 Å². The molecule has 0 aliphatic heterocycles. The van der Waals surface area contributed by atoms with Gasteiger partial charge < -0.3 is 10.4 Å². The summed E-state index contributed by atoms with van der Waals surface area (Å²) in [6.45, 7) is 0. The summed E-state index contributed by atoms with van der Waals surface area (Å²) in [6.07, 6.45) is 10.7. The molecule has 2 aliphatic carbocycles. The Kier molecular flexibility index (Phi) is 4.29. The molecule has 1 aromatic heterocycles. The second-order valence-electron chi connectivity index (χ2n) is 6.73. The van der Waals surface area contributed by atoms with E-state index in [2.05, 4.69) is 10.4 Å². The van der Waals surface area contributed by atoms with Crippen molar-refractivity contribution in [2.45, 2.75) is 57.1 Å². The fraction of sp³-hybridized carbons (Fsp3) is 0.750. The van der Waals surface area contributed by atoms with Gasteiger partial charge in [0.15, 0.2) is 0 Å². The minimum Gasteiger partial charge on any atom is -0.393 e. The number of carbonyl (C=O) groups excluding carboxylic acids is 1. The second-order valence-corrected chi connectivity index (χ2v) is 6.73.